The molecule has 1 fully saturated rings. The molecule has 3 nitrogen and oxygen atoms in total. The van der Waals surface area contributed by atoms with Crippen LogP contribution in [0.1, 0.15) is 12.8 Å². The zero-order valence-corrected chi connectivity index (χ0v) is 7.55. The maximum atomic E-state index is 11.3. The van der Waals surface area contributed by atoms with Crippen LogP contribution in [0, 0.1) is 0 Å². The molecule has 1 amide bonds. The molecule has 11 heavy (non-hydrogen) atoms. The van der Waals surface area contributed by atoms with Crippen LogP contribution in [-0.2, 0) is 4.79 Å². The average Bonchev–Trinajstić information content (AvgIpc) is 2.28. The van der Waals surface area contributed by atoms with Gasteiger partial charge in [-0.05, 0) is 0 Å². The number of hydrogen-bond donors (Lipinski definition) is 1. The van der Waals surface area contributed by atoms with Gasteiger partial charge >= 0.3 is 0 Å². The lowest BCUT2D eigenvalue weighted by molar-refractivity contribution is -0.893. The van der Waals surface area contributed by atoms with Crippen molar-refractivity contribution in [1.29, 1.82) is 0 Å². The van der Waals surface area contributed by atoms with Crippen molar-refractivity contribution >= 4 is 5.91 Å². The first kappa shape index (κ1) is 8.53. The van der Waals surface area contributed by atoms with Crippen LogP contribution < -0.4 is 5.32 Å². The topological polar surface area (TPSA) is 29.1 Å². The van der Waals surface area contributed by atoms with E-state index in [0.717, 1.165) is 17.4 Å². The molecule has 1 rings (SSSR count). The van der Waals surface area contributed by atoms with Crippen LogP contribution >= 0.6 is 0 Å². The molecule has 0 unspecified atom stereocenters. The van der Waals surface area contributed by atoms with Gasteiger partial charge in [0.05, 0.1) is 20.6 Å². The Morgan fingerprint density at radius 2 is 2.18 bits per heavy atom. The summed E-state index contributed by atoms with van der Waals surface area (Å²) in [5, 5.41) is 2.71. The zero-order chi connectivity index (χ0) is 8.48. The fourth-order valence-electron chi connectivity index (χ4n) is 1.81. The molecule has 64 valence electrons. The van der Waals surface area contributed by atoms with E-state index in [1.807, 2.05) is 0 Å². The lowest BCUT2D eigenvalue weighted by atomic mass is 10.2. The molecule has 0 aromatic rings. The first-order chi connectivity index (χ1) is 5.08. The van der Waals surface area contributed by atoms with Gasteiger partial charge < -0.3 is 9.80 Å². The molecule has 0 bridgehead atoms. The molecule has 1 heterocycles. The summed E-state index contributed by atoms with van der Waals surface area (Å²) >= 11 is 0. The van der Waals surface area contributed by atoms with E-state index in [1.165, 1.54) is 6.42 Å². The number of carbonyl (C=O) groups excluding carboxylic acids is 1. The first-order valence-electron chi connectivity index (χ1n) is 4.12. The Labute approximate surface area is 68.0 Å². The van der Waals surface area contributed by atoms with Crippen LogP contribution in [0.4, 0.5) is 0 Å². The number of likely N-dealkylation sites (tertiary alicyclic amines) is 1. The molecular formula is C8H17N2O+. The summed E-state index contributed by atoms with van der Waals surface area (Å²) in [6.45, 7) is 1.12. The molecule has 0 aromatic heterocycles. The van der Waals surface area contributed by atoms with Crippen molar-refractivity contribution < 1.29 is 9.28 Å². The Bertz CT molecular complexity index is 165. The molecule has 1 saturated heterocycles. The van der Waals surface area contributed by atoms with Gasteiger partial charge in [0, 0.05) is 19.9 Å². The number of carbonyl (C=O) groups is 1. The number of likely N-dealkylation sites (N-methyl/N-ethyl adjacent to an activating group) is 2. The number of amides is 1. The maximum Gasteiger partial charge on any atom is 0.278 e. The SMILES string of the molecule is CNC(=O)[C@H]1CCC[N+]1(C)C. The predicted octanol–water partition coefficient (Wildman–Crippen LogP) is -0.0288. The Kier molecular flexibility index (Phi) is 2.18. The van der Waals surface area contributed by atoms with Gasteiger partial charge in [-0.3, -0.25) is 4.79 Å². The van der Waals surface area contributed by atoms with Crippen molar-refractivity contribution in [2.75, 3.05) is 27.7 Å². The third kappa shape index (κ3) is 1.53. The van der Waals surface area contributed by atoms with Crippen molar-refractivity contribution in [3.8, 4) is 0 Å². The minimum absolute atomic E-state index is 0.181. The molecule has 0 aliphatic carbocycles. The van der Waals surface area contributed by atoms with E-state index in [1.54, 1.807) is 7.05 Å². The van der Waals surface area contributed by atoms with Crippen LogP contribution in [0.25, 0.3) is 0 Å². The normalized spacial score (nSPS) is 28.5. The fraction of sp³-hybridized carbons (Fsp3) is 0.875. The van der Waals surface area contributed by atoms with Crippen molar-refractivity contribution in [2.45, 2.75) is 18.9 Å². The van der Waals surface area contributed by atoms with E-state index in [-0.39, 0.29) is 11.9 Å². The van der Waals surface area contributed by atoms with Crippen molar-refractivity contribution in [1.82, 2.24) is 5.32 Å². The number of nitrogens with zero attached hydrogens (tertiary/aromatic N) is 1. The lowest BCUT2D eigenvalue weighted by Gasteiger charge is -2.29. The number of rotatable bonds is 1. The van der Waals surface area contributed by atoms with E-state index in [0.29, 0.717) is 0 Å². The van der Waals surface area contributed by atoms with Gasteiger partial charge in [0.15, 0.2) is 6.04 Å². The smallest absolute Gasteiger partial charge is 0.278 e. The van der Waals surface area contributed by atoms with E-state index in [2.05, 4.69) is 19.4 Å². The molecule has 1 atom stereocenters. The van der Waals surface area contributed by atoms with Crippen LogP contribution in [0.5, 0.6) is 0 Å². The summed E-state index contributed by atoms with van der Waals surface area (Å²) in [6.07, 6.45) is 2.21. The van der Waals surface area contributed by atoms with Gasteiger partial charge in [0.1, 0.15) is 0 Å². The third-order valence-corrected chi connectivity index (χ3v) is 2.60. The summed E-state index contributed by atoms with van der Waals surface area (Å²) in [6, 6.07) is 0.181. The van der Waals surface area contributed by atoms with E-state index >= 15 is 0 Å². The molecule has 3 heteroatoms. The molecule has 1 aliphatic heterocycles. The molecular weight excluding hydrogens is 140 g/mol. The second kappa shape index (κ2) is 2.81. The van der Waals surface area contributed by atoms with Crippen LogP contribution in [0.2, 0.25) is 0 Å². The van der Waals surface area contributed by atoms with Gasteiger partial charge in [0.25, 0.3) is 5.91 Å². The first-order valence-corrected chi connectivity index (χ1v) is 4.12. The van der Waals surface area contributed by atoms with Gasteiger partial charge in [-0.25, -0.2) is 0 Å². The van der Waals surface area contributed by atoms with E-state index in [9.17, 15) is 4.79 Å². The second-order valence-corrected chi connectivity index (χ2v) is 3.77. The quantitative estimate of drug-likeness (QED) is 0.532. The lowest BCUT2D eigenvalue weighted by Crippen LogP contribution is -2.51. The van der Waals surface area contributed by atoms with Gasteiger partial charge in [-0.1, -0.05) is 0 Å². The van der Waals surface area contributed by atoms with E-state index in [4.69, 9.17) is 0 Å². The number of nitrogens with one attached hydrogen (secondary N) is 1. The Hall–Kier alpha value is -0.570. The summed E-state index contributed by atoms with van der Waals surface area (Å²) in [5.41, 5.74) is 0. The van der Waals surface area contributed by atoms with Gasteiger partial charge in [-0.2, -0.15) is 0 Å². The van der Waals surface area contributed by atoms with Gasteiger partial charge in [-0.15, -0.1) is 0 Å². The Morgan fingerprint density at radius 3 is 2.55 bits per heavy atom. The van der Waals surface area contributed by atoms with Crippen LogP contribution in [0.15, 0.2) is 0 Å². The highest BCUT2D eigenvalue weighted by atomic mass is 16.2. The van der Waals surface area contributed by atoms with Crippen molar-refractivity contribution in [3.63, 3.8) is 0 Å². The zero-order valence-electron chi connectivity index (χ0n) is 7.55. The molecule has 0 aromatic carbocycles. The van der Waals surface area contributed by atoms with E-state index < -0.39 is 0 Å². The number of hydrogen-bond acceptors (Lipinski definition) is 1. The fourth-order valence-corrected chi connectivity index (χ4v) is 1.81. The molecule has 1 N–H and O–H groups in total. The third-order valence-electron chi connectivity index (χ3n) is 2.60. The number of quaternary nitrogens is 1. The summed E-state index contributed by atoms with van der Waals surface area (Å²) in [7, 11) is 5.94. The Morgan fingerprint density at radius 1 is 1.55 bits per heavy atom. The summed E-state index contributed by atoms with van der Waals surface area (Å²) < 4.78 is 0.847. The highest BCUT2D eigenvalue weighted by molar-refractivity contribution is 5.80. The minimum Gasteiger partial charge on any atom is -0.354 e. The van der Waals surface area contributed by atoms with Crippen LogP contribution in [0.3, 0.4) is 0 Å². The summed E-state index contributed by atoms with van der Waals surface area (Å²) in [5.74, 6) is 0.188. The van der Waals surface area contributed by atoms with Crippen LogP contribution in [-0.4, -0.2) is 44.1 Å². The Balaban J connectivity index is 2.64. The molecule has 0 saturated carbocycles. The highest BCUT2D eigenvalue weighted by Crippen LogP contribution is 2.21. The van der Waals surface area contributed by atoms with Crippen molar-refractivity contribution in [2.24, 2.45) is 0 Å². The second-order valence-electron chi connectivity index (χ2n) is 3.77. The monoisotopic (exact) mass is 157 g/mol. The standard InChI is InChI=1S/C8H16N2O/c1-9-8(11)7-5-4-6-10(7,2)3/h7H,4-6H2,1-3H3/p+1/t7-/m1/s1. The van der Waals surface area contributed by atoms with Gasteiger partial charge in [0.2, 0.25) is 0 Å². The predicted molar refractivity (Wildman–Crippen MR) is 44.1 cm³/mol. The van der Waals surface area contributed by atoms with Crippen molar-refractivity contribution in [3.05, 3.63) is 0 Å². The average molecular weight is 157 g/mol. The largest absolute Gasteiger partial charge is 0.354 e. The minimum atomic E-state index is 0.181. The molecule has 1 aliphatic rings. The maximum absolute atomic E-state index is 11.3. The molecule has 0 spiro atoms. The summed E-state index contributed by atoms with van der Waals surface area (Å²) in [4.78, 5) is 11.3. The molecule has 0 radical (unpaired) electrons. The highest BCUT2D eigenvalue weighted by Gasteiger charge is 2.38.